The van der Waals surface area contributed by atoms with Crippen molar-refractivity contribution in [3.63, 3.8) is 0 Å². The van der Waals surface area contributed by atoms with Gasteiger partial charge in [0.25, 0.3) is 0 Å². The van der Waals surface area contributed by atoms with Crippen LogP contribution in [0.3, 0.4) is 0 Å². The summed E-state index contributed by atoms with van der Waals surface area (Å²) in [5.41, 5.74) is 1.69. The topological polar surface area (TPSA) is 12.0 Å². The first kappa shape index (κ1) is 8.63. The van der Waals surface area contributed by atoms with Gasteiger partial charge in [0.05, 0.1) is 0 Å². The standard InChI is InChI=1S/C10H19N/c1-8-5-9(7-11-8)6-10(2,3)4/h9,11H,1,5-7H2,2-4H3/t9-/m0/s1. The van der Waals surface area contributed by atoms with Crippen molar-refractivity contribution >= 4 is 0 Å². The Morgan fingerprint density at radius 3 is 2.55 bits per heavy atom. The third kappa shape index (κ3) is 2.96. The minimum atomic E-state index is 0.469. The monoisotopic (exact) mass is 153 g/mol. The van der Waals surface area contributed by atoms with Gasteiger partial charge >= 0.3 is 0 Å². The molecule has 0 bridgehead atoms. The summed E-state index contributed by atoms with van der Waals surface area (Å²) in [6.45, 7) is 12.0. The molecule has 1 saturated heterocycles. The van der Waals surface area contributed by atoms with Gasteiger partial charge < -0.3 is 5.32 Å². The third-order valence-electron chi connectivity index (χ3n) is 2.08. The Morgan fingerprint density at radius 2 is 2.18 bits per heavy atom. The highest BCUT2D eigenvalue weighted by atomic mass is 14.9. The van der Waals surface area contributed by atoms with Gasteiger partial charge in [0.15, 0.2) is 0 Å². The molecule has 64 valence electrons. The maximum Gasteiger partial charge on any atom is 0.0176 e. The van der Waals surface area contributed by atoms with Crippen LogP contribution >= 0.6 is 0 Å². The summed E-state index contributed by atoms with van der Waals surface area (Å²) in [6, 6.07) is 0. The maximum absolute atomic E-state index is 3.92. The fourth-order valence-electron chi connectivity index (χ4n) is 1.79. The van der Waals surface area contributed by atoms with Crippen molar-refractivity contribution in [1.82, 2.24) is 5.32 Å². The van der Waals surface area contributed by atoms with Crippen LogP contribution in [0.15, 0.2) is 12.3 Å². The fourth-order valence-corrected chi connectivity index (χ4v) is 1.79. The summed E-state index contributed by atoms with van der Waals surface area (Å²) in [5.74, 6) is 0.822. The Labute approximate surface area is 69.9 Å². The lowest BCUT2D eigenvalue weighted by Gasteiger charge is -2.21. The second-order valence-corrected chi connectivity index (χ2v) is 4.82. The molecule has 1 aliphatic rings. The van der Waals surface area contributed by atoms with Gasteiger partial charge in [-0.3, -0.25) is 0 Å². The smallest absolute Gasteiger partial charge is 0.0176 e. The van der Waals surface area contributed by atoms with Gasteiger partial charge in [-0.05, 0) is 24.2 Å². The Bertz CT molecular complexity index is 153. The molecule has 11 heavy (non-hydrogen) atoms. The lowest BCUT2D eigenvalue weighted by Crippen LogP contribution is -2.15. The van der Waals surface area contributed by atoms with Gasteiger partial charge in [-0.1, -0.05) is 27.4 Å². The van der Waals surface area contributed by atoms with Gasteiger partial charge in [-0.15, -0.1) is 0 Å². The number of hydrogen-bond donors (Lipinski definition) is 1. The van der Waals surface area contributed by atoms with Crippen LogP contribution in [0.2, 0.25) is 0 Å². The average molecular weight is 153 g/mol. The van der Waals surface area contributed by atoms with Crippen LogP contribution in [0.25, 0.3) is 0 Å². The first-order valence-electron chi connectivity index (χ1n) is 4.39. The lowest BCUT2D eigenvalue weighted by molar-refractivity contribution is 0.308. The van der Waals surface area contributed by atoms with Crippen molar-refractivity contribution in [3.05, 3.63) is 12.3 Å². The van der Waals surface area contributed by atoms with Crippen molar-refractivity contribution in [1.29, 1.82) is 0 Å². The highest BCUT2D eigenvalue weighted by molar-refractivity contribution is 5.00. The van der Waals surface area contributed by atoms with Crippen LogP contribution < -0.4 is 5.32 Å². The van der Waals surface area contributed by atoms with Crippen LogP contribution in [0.4, 0.5) is 0 Å². The highest BCUT2D eigenvalue weighted by Crippen LogP contribution is 2.29. The van der Waals surface area contributed by atoms with E-state index in [9.17, 15) is 0 Å². The molecular formula is C10H19N. The van der Waals surface area contributed by atoms with E-state index >= 15 is 0 Å². The Hall–Kier alpha value is -0.460. The van der Waals surface area contributed by atoms with Gasteiger partial charge in [0, 0.05) is 12.2 Å². The molecule has 0 aromatic heterocycles. The normalized spacial score (nSPS) is 25.4. The molecule has 1 N–H and O–H groups in total. The van der Waals surface area contributed by atoms with Crippen molar-refractivity contribution in [3.8, 4) is 0 Å². The summed E-state index contributed by atoms with van der Waals surface area (Å²) in [5, 5.41) is 3.30. The van der Waals surface area contributed by atoms with Crippen molar-refractivity contribution < 1.29 is 0 Å². The molecule has 0 aliphatic carbocycles. The molecule has 0 spiro atoms. The largest absolute Gasteiger partial charge is 0.389 e. The molecule has 0 amide bonds. The van der Waals surface area contributed by atoms with Crippen molar-refractivity contribution in [2.75, 3.05) is 6.54 Å². The summed E-state index contributed by atoms with van der Waals surface area (Å²) >= 11 is 0. The second-order valence-electron chi connectivity index (χ2n) is 4.82. The van der Waals surface area contributed by atoms with E-state index in [2.05, 4.69) is 32.7 Å². The minimum Gasteiger partial charge on any atom is -0.389 e. The minimum absolute atomic E-state index is 0.469. The number of allylic oxidation sites excluding steroid dienone is 1. The predicted octanol–water partition coefficient (Wildman–Crippen LogP) is 2.55. The van der Waals surface area contributed by atoms with E-state index in [1.54, 1.807) is 0 Å². The molecule has 1 heteroatoms. The molecule has 1 rings (SSSR count). The number of hydrogen-bond acceptors (Lipinski definition) is 1. The fraction of sp³-hybridized carbons (Fsp3) is 0.800. The van der Waals surface area contributed by atoms with E-state index in [0.717, 1.165) is 12.5 Å². The third-order valence-corrected chi connectivity index (χ3v) is 2.08. The summed E-state index contributed by atoms with van der Waals surface area (Å²) in [4.78, 5) is 0. The van der Waals surface area contributed by atoms with Gasteiger partial charge in [-0.25, -0.2) is 0 Å². The first-order valence-corrected chi connectivity index (χ1v) is 4.39. The zero-order valence-electron chi connectivity index (χ0n) is 7.91. The molecule has 1 atom stereocenters. The SMILES string of the molecule is C=C1C[C@@H](CC(C)(C)C)CN1. The number of rotatable bonds is 1. The Balaban J connectivity index is 2.34. The molecule has 0 unspecified atom stereocenters. The summed E-state index contributed by atoms with van der Waals surface area (Å²) in [6.07, 6.45) is 2.48. The quantitative estimate of drug-likeness (QED) is 0.610. The van der Waals surface area contributed by atoms with Crippen LogP contribution in [0, 0.1) is 11.3 Å². The lowest BCUT2D eigenvalue weighted by atomic mass is 9.84. The van der Waals surface area contributed by atoms with Gasteiger partial charge in [0.1, 0.15) is 0 Å². The van der Waals surface area contributed by atoms with Crippen molar-refractivity contribution in [2.24, 2.45) is 11.3 Å². The average Bonchev–Trinajstić information content (AvgIpc) is 2.10. The molecule has 1 fully saturated rings. The van der Waals surface area contributed by atoms with E-state index < -0.39 is 0 Å². The van der Waals surface area contributed by atoms with Crippen LogP contribution in [-0.2, 0) is 0 Å². The Morgan fingerprint density at radius 1 is 1.55 bits per heavy atom. The molecule has 0 radical (unpaired) electrons. The molecule has 0 aromatic carbocycles. The van der Waals surface area contributed by atoms with E-state index in [0.29, 0.717) is 5.41 Å². The molecule has 0 saturated carbocycles. The predicted molar refractivity (Wildman–Crippen MR) is 49.3 cm³/mol. The van der Waals surface area contributed by atoms with Crippen molar-refractivity contribution in [2.45, 2.75) is 33.6 Å². The molecule has 1 nitrogen and oxygen atoms in total. The zero-order valence-corrected chi connectivity index (χ0v) is 7.91. The maximum atomic E-state index is 3.92. The second kappa shape index (κ2) is 2.88. The summed E-state index contributed by atoms with van der Waals surface area (Å²) in [7, 11) is 0. The van der Waals surface area contributed by atoms with E-state index in [4.69, 9.17) is 0 Å². The number of nitrogens with one attached hydrogen (secondary N) is 1. The van der Waals surface area contributed by atoms with Gasteiger partial charge in [0.2, 0.25) is 0 Å². The Kier molecular flexibility index (Phi) is 2.26. The molecular weight excluding hydrogens is 134 g/mol. The summed E-state index contributed by atoms with van der Waals surface area (Å²) < 4.78 is 0. The molecule has 0 aromatic rings. The van der Waals surface area contributed by atoms with Crippen LogP contribution in [-0.4, -0.2) is 6.54 Å². The van der Waals surface area contributed by atoms with E-state index in [-0.39, 0.29) is 0 Å². The molecule has 1 heterocycles. The molecule has 1 aliphatic heterocycles. The van der Waals surface area contributed by atoms with Crippen LogP contribution in [0.5, 0.6) is 0 Å². The van der Waals surface area contributed by atoms with Crippen LogP contribution in [0.1, 0.15) is 33.6 Å². The van der Waals surface area contributed by atoms with Gasteiger partial charge in [-0.2, -0.15) is 0 Å². The van der Waals surface area contributed by atoms with E-state index in [1.807, 2.05) is 0 Å². The first-order chi connectivity index (χ1) is 4.97. The zero-order chi connectivity index (χ0) is 8.48. The van der Waals surface area contributed by atoms with E-state index in [1.165, 1.54) is 18.5 Å². The highest BCUT2D eigenvalue weighted by Gasteiger charge is 2.22.